The van der Waals surface area contributed by atoms with Crippen LogP contribution in [0.4, 0.5) is 0 Å². The lowest BCUT2D eigenvalue weighted by Gasteiger charge is -2.02. The van der Waals surface area contributed by atoms with E-state index in [1.165, 1.54) is 18.0 Å². The molecule has 3 rings (SSSR count). The number of methoxy groups -OCH3 is 1. The molecule has 0 fully saturated rings. The topological polar surface area (TPSA) is 103 Å². The lowest BCUT2D eigenvalue weighted by Crippen LogP contribution is -2.14. The normalized spacial score (nSPS) is 10.7. The number of hydrogen-bond donors (Lipinski definition) is 1. The van der Waals surface area contributed by atoms with Crippen LogP contribution in [0.25, 0.3) is 10.9 Å². The van der Waals surface area contributed by atoms with Crippen molar-refractivity contribution in [3.8, 4) is 0 Å². The van der Waals surface area contributed by atoms with Gasteiger partial charge < -0.3 is 9.72 Å². The molecule has 1 aromatic carbocycles. The highest BCUT2D eigenvalue weighted by Crippen LogP contribution is 2.06. The molecule has 8 nitrogen and oxygen atoms in total. The molecule has 2 aromatic heterocycles. The van der Waals surface area contributed by atoms with E-state index in [2.05, 4.69) is 25.0 Å². The number of rotatable bonds is 3. The number of nitrogens with zero attached hydrogens (tertiary/aromatic N) is 4. The van der Waals surface area contributed by atoms with Crippen molar-refractivity contribution in [1.82, 2.24) is 25.0 Å². The Balaban J connectivity index is 1.93. The Bertz CT molecular complexity index is 867. The first-order valence-corrected chi connectivity index (χ1v) is 6.14. The van der Waals surface area contributed by atoms with Crippen molar-refractivity contribution in [2.45, 2.75) is 6.54 Å². The zero-order valence-corrected chi connectivity index (χ0v) is 11.1. The number of hydrogen-bond acceptors (Lipinski definition) is 6. The second-order valence-corrected chi connectivity index (χ2v) is 4.32. The summed E-state index contributed by atoms with van der Waals surface area (Å²) in [6.07, 6.45) is 1.43. The molecule has 0 aliphatic carbocycles. The van der Waals surface area contributed by atoms with E-state index < -0.39 is 5.97 Å². The highest BCUT2D eigenvalue weighted by atomic mass is 16.5. The summed E-state index contributed by atoms with van der Waals surface area (Å²) in [5.74, 6) is -0.138. The molecule has 0 saturated heterocycles. The van der Waals surface area contributed by atoms with Gasteiger partial charge in [-0.2, -0.15) is 0 Å². The summed E-state index contributed by atoms with van der Waals surface area (Å²) in [6.45, 7) is 0.198. The fraction of sp³-hybridized carbons (Fsp3) is 0.154. The van der Waals surface area contributed by atoms with E-state index in [-0.39, 0.29) is 17.8 Å². The predicted molar refractivity (Wildman–Crippen MR) is 72.8 cm³/mol. The number of ether oxygens (including phenoxy) is 1. The molecule has 0 radical (unpaired) electrons. The number of nitrogens with one attached hydrogen (secondary N) is 1. The molecule has 0 unspecified atom stereocenters. The van der Waals surface area contributed by atoms with Gasteiger partial charge in [0.25, 0.3) is 5.56 Å². The van der Waals surface area contributed by atoms with Crippen molar-refractivity contribution in [3.63, 3.8) is 0 Å². The number of H-pyrrole nitrogens is 1. The van der Waals surface area contributed by atoms with Crippen LogP contribution >= 0.6 is 0 Å². The van der Waals surface area contributed by atoms with Crippen molar-refractivity contribution in [3.05, 3.63) is 52.3 Å². The van der Waals surface area contributed by atoms with Gasteiger partial charge in [0, 0.05) is 0 Å². The summed E-state index contributed by atoms with van der Waals surface area (Å²) in [6, 6.07) is 7.05. The van der Waals surface area contributed by atoms with Crippen LogP contribution in [-0.4, -0.2) is 38.0 Å². The third-order valence-corrected chi connectivity index (χ3v) is 2.91. The maximum atomic E-state index is 11.9. The number of carbonyl (C=O) groups excluding carboxylic acids is 1. The molecule has 2 heterocycles. The highest BCUT2D eigenvalue weighted by Gasteiger charge is 2.11. The number of carbonyl (C=O) groups is 1. The summed E-state index contributed by atoms with van der Waals surface area (Å²) < 4.78 is 5.95. The fourth-order valence-electron chi connectivity index (χ4n) is 1.94. The molecule has 0 aliphatic heterocycles. The lowest BCUT2D eigenvalue weighted by atomic mass is 10.2. The van der Waals surface area contributed by atoms with Crippen molar-refractivity contribution in [2.75, 3.05) is 7.11 Å². The summed E-state index contributed by atoms with van der Waals surface area (Å²) in [5.41, 5.74) is 0.481. The minimum absolute atomic E-state index is 0.0978. The Morgan fingerprint density at radius 2 is 2.19 bits per heavy atom. The number of aromatic nitrogens is 5. The molecule has 106 valence electrons. The van der Waals surface area contributed by atoms with Gasteiger partial charge in [0.15, 0.2) is 5.69 Å². The molecule has 0 amide bonds. The second kappa shape index (κ2) is 5.16. The molecule has 0 atom stereocenters. The molecular weight excluding hydrogens is 274 g/mol. The van der Waals surface area contributed by atoms with Crippen LogP contribution in [-0.2, 0) is 11.3 Å². The number of para-hydroxylation sites is 1. The first-order chi connectivity index (χ1) is 10.2. The molecule has 8 heteroatoms. The van der Waals surface area contributed by atoms with Gasteiger partial charge >= 0.3 is 5.97 Å². The van der Waals surface area contributed by atoms with Gasteiger partial charge in [0.05, 0.1) is 24.2 Å². The van der Waals surface area contributed by atoms with E-state index in [0.717, 1.165) is 0 Å². The van der Waals surface area contributed by atoms with E-state index in [1.807, 2.05) is 6.07 Å². The Labute approximate surface area is 118 Å². The van der Waals surface area contributed by atoms with Crippen LogP contribution in [0.3, 0.4) is 0 Å². The molecule has 21 heavy (non-hydrogen) atoms. The lowest BCUT2D eigenvalue weighted by molar-refractivity contribution is 0.0594. The van der Waals surface area contributed by atoms with Gasteiger partial charge in [0.1, 0.15) is 12.4 Å². The van der Waals surface area contributed by atoms with Crippen LogP contribution in [0.15, 0.2) is 35.3 Å². The van der Waals surface area contributed by atoms with Crippen molar-refractivity contribution in [1.29, 1.82) is 0 Å². The summed E-state index contributed by atoms with van der Waals surface area (Å²) in [4.78, 5) is 30.3. The summed E-state index contributed by atoms with van der Waals surface area (Å²) >= 11 is 0. The third-order valence-electron chi connectivity index (χ3n) is 2.91. The second-order valence-electron chi connectivity index (χ2n) is 4.32. The molecule has 0 saturated carbocycles. The van der Waals surface area contributed by atoms with Gasteiger partial charge in [-0.3, -0.25) is 4.79 Å². The average Bonchev–Trinajstić information content (AvgIpc) is 2.95. The third kappa shape index (κ3) is 2.50. The molecule has 0 spiro atoms. The monoisotopic (exact) mass is 285 g/mol. The van der Waals surface area contributed by atoms with Gasteiger partial charge in [-0.15, -0.1) is 5.10 Å². The van der Waals surface area contributed by atoms with E-state index in [0.29, 0.717) is 16.7 Å². The molecular formula is C13H11N5O3. The first-order valence-electron chi connectivity index (χ1n) is 6.14. The van der Waals surface area contributed by atoms with E-state index in [4.69, 9.17) is 0 Å². The maximum absolute atomic E-state index is 11.9. The van der Waals surface area contributed by atoms with Gasteiger partial charge in [-0.25, -0.2) is 14.5 Å². The fourth-order valence-corrected chi connectivity index (χ4v) is 1.94. The summed E-state index contributed by atoms with van der Waals surface area (Å²) in [7, 11) is 1.27. The zero-order valence-electron chi connectivity index (χ0n) is 11.1. The first kappa shape index (κ1) is 13.0. The largest absolute Gasteiger partial charge is 0.464 e. The van der Waals surface area contributed by atoms with Crippen molar-refractivity contribution < 1.29 is 9.53 Å². The van der Waals surface area contributed by atoms with Crippen LogP contribution in [0, 0.1) is 0 Å². The van der Waals surface area contributed by atoms with E-state index >= 15 is 0 Å². The summed E-state index contributed by atoms with van der Waals surface area (Å²) in [5, 5.41) is 8.00. The van der Waals surface area contributed by atoms with Crippen molar-refractivity contribution in [2.24, 2.45) is 0 Å². The maximum Gasteiger partial charge on any atom is 0.360 e. The van der Waals surface area contributed by atoms with Crippen LogP contribution in [0.5, 0.6) is 0 Å². The highest BCUT2D eigenvalue weighted by molar-refractivity contribution is 5.86. The molecule has 0 aliphatic rings. The van der Waals surface area contributed by atoms with E-state index in [9.17, 15) is 9.59 Å². The average molecular weight is 285 g/mol. The standard InChI is InChI=1S/C13H11N5O3/c1-21-13(20)10-6-18(17-16-10)7-11-14-9-5-3-2-4-8(9)12(19)15-11/h2-6H,7H2,1H3,(H,14,15,19). The predicted octanol–water partition coefficient (Wildman–Crippen LogP) is 0.349. The van der Waals surface area contributed by atoms with Crippen LogP contribution in [0.2, 0.25) is 0 Å². The molecule has 3 aromatic rings. The Morgan fingerprint density at radius 3 is 3.00 bits per heavy atom. The molecule has 1 N–H and O–H groups in total. The number of esters is 1. The molecule has 0 bridgehead atoms. The number of aromatic amines is 1. The smallest absolute Gasteiger partial charge is 0.360 e. The Hall–Kier alpha value is -3.03. The number of fused-ring (bicyclic) bond motifs is 1. The zero-order chi connectivity index (χ0) is 14.8. The van der Waals surface area contributed by atoms with Gasteiger partial charge in [0.2, 0.25) is 0 Å². The Kier molecular flexibility index (Phi) is 3.19. The minimum Gasteiger partial charge on any atom is -0.464 e. The van der Waals surface area contributed by atoms with Crippen LogP contribution in [0.1, 0.15) is 16.3 Å². The number of benzene rings is 1. The van der Waals surface area contributed by atoms with Gasteiger partial charge in [-0.05, 0) is 12.1 Å². The van der Waals surface area contributed by atoms with E-state index in [1.54, 1.807) is 18.2 Å². The Morgan fingerprint density at radius 1 is 1.38 bits per heavy atom. The van der Waals surface area contributed by atoms with Gasteiger partial charge in [-0.1, -0.05) is 17.3 Å². The minimum atomic E-state index is -0.568. The quantitative estimate of drug-likeness (QED) is 0.696. The van der Waals surface area contributed by atoms with Crippen molar-refractivity contribution >= 4 is 16.9 Å². The SMILES string of the molecule is COC(=O)c1cn(Cc2nc3ccccc3c(=O)[nH]2)nn1. The van der Waals surface area contributed by atoms with Crippen LogP contribution < -0.4 is 5.56 Å².